The van der Waals surface area contributed by atoms with E-state index >= 15 is 0 Å². The Morgan fingerprint density at radius 2 is 1.64 bits per heavy atom. The fraction of sp³-hybridized carbons (Fsp3) is 0.529. The summed E-state index contributed by atoms with van der Waals surface area (Å²) >= 11 is 0. The number of nitrogens with one attached hydrogen (secondary N) is 2. The molecule has 0 radical (unpaired) electrons. The summed E-state index contributed by atoms with van der Waals surface area (Å²) in [6, 6.07) is 1.56. The van der Waals surface area contributed by atoms with Gasteiger partial charge in [0.05, 0.1) is 25.0 Å². The van der Waals surface area contributed by atoms with Crippen molar-refractivity contribution >= 4 is 21.9 Å². The first-order chi connectivity index (χ1) is 13.0. The molecule has 1 amide bonds. The van der Waals surface area contributed by atoms with Gasteiger partial charge >= 0.3 is 5.97 Å². The van der Waals surface area contributed by atoms with Crippen LogP contribution in [0.5, 0.6) is 5.75 Å². The molecule has 11 heteroatoms. The maximum atomic E-state index is 12.8. The first-order valence-corrected chi connectivity index (χ1v) is 9.76. The quantitative estimate of drug-likeness (QED) is 0.432. The Morgan fingerprint density at radius 1 is 1.11 bits per heavy atom. The van der Waals surface area contributed by atoms with Gasteiger partial charge in [0.1, 0.15) is 11.8 Å². The average molecular weight is 418 g/mol. The van der Waals surface area contributed by atoms with Gasteiger partial charge in [0.2, 0.25) is 15.9 Å². The average Bonchev–Trinajstić information content (AvgIpc) is 2.60. The van der Waals surface area contributed by atoms with Crippen LogP contribution in [0.1, 0.15) is 17.5 Å². The summed E-state index contributed by atoms with van der Waals surface area (Å²) < 4.78 is 42.8. The Bertz CT molecular complexity index is 782. The molecule has 0 aromatic heterocycles. The number of methoxy groups -OCH3 is 3. The van der Waals surface area contributed by atoms with Crippen molar-refractivity contribution in [2.24, 2.45) is 0 Å². The monoisotopic (exact) mass is 418 g/mol. The second-order valence-electron chi connectivity index (χ2n) is 6.01. The van der Waals surface area contributed by atoms with Gasteiger partial charge in [-0.2, -0.15) is 4.72 Å². The Balaban J connectivity index is 3.11. The predicted octanol–water partition coefficient (Wildman–Crippen LogP) is 0.169. The van der Waals surface area contributed by atoms with Crippen LogP contribution in [-0.4, -0.2) is 65.6 Å². The lowest BCUT2D eigenvalue weighted by molar-refractivity contribution is -0.140. The van der Waals surface area contributed by atoms with Crippen LogP contribution in [0.25, 0.3) is 0 Å². The SMILES string of the molecule is COc1cc(C)c(S(=O)(=O)NC(CC(=O)O)C(=O)NCC(OC)OC)c(C)c1. The molecule has 0 spiro atoms. The number of carbonyl (C=O) groups is 2. The third-order valence-corrected chi connectivity index (χ3v) is 5.68. The van der Waals surface area contributed by atoms with Gasteiger partial charge in [0.25, 0.3) is 0 Å². The molecule has 0 aliphatic carbocycles. The van der Waals surface area contributed by atoms with Crippen molar-refractivity contribution in [2.75, 3.05) is 27.9 Å². The first-order valence-electron chi connectivity index (χ1n) is 8.28. The molecule has 0 heterocycles. The number of aryl methyl sites for hydroxylation is 2. The van der Waals surface area contributed by atoms with Crippen LogP contribution in [0.4, 0.5) is 0 Å². The van der Waals surface area contributed by atoms with Gasteiger partial charge in [-0.15, -0.1) is 0 Å². The molecule has 1 unspecified atom stereocenters. The smallest absolute Gasteiger partial charge is 0.305 e. The summed E-state index contributed by atoms with van der Waals surface area (Å²) in [4.78, 5) is 23.4. The fourth-order valence-corrected chi connectivity index (χ4v) is 4.28. The Hall–Kier alpha value is -2.21. The molecule has 1 atom stereocenters. The van der Waals surface area contributed by atoms with Gasteiger partial charge in [-0.05, 0) is 37.1 Å². The zero-order valence-electron chi connectivity index (χ0n) is 16.4. The van der Waals surface area contributed by atoms with E-state index in [1.807, 2.05) is 0 Å². The minimum Gasteiger partial charge on any atom is -0.497 e. The molecule has 158 valence electrons. The molecule has 10 nitrogen and oxygen atoms in total. The number of carboxylic acid groups (broad SMARTS) is 1. The predicted molar refractivity (Wildman–Crippen MR) is 99.6 cm³/mol. The number of ether oxygens (including phenoxy) is 3. The highest BCUT2D eigenvalue weighted by molar-refractivity contribution is 7.89. The van der Waals surface area contributed by atoms with E-state index in [9.17, 15) is 18.0 Å². The van der Waals surface area contributed by atoms with Crippen LogP contribution in [0.15, 0.2) is 17.0 Å². The highest BCUT2D eigenvalue weighted by Gasteiger charge is 2.30. The summed E-state index contributed by atoms with van der Waals surface area (Å²) in [6.07, 6.45) is -1.48. The summed E-state index contributed by atoms with van der Waals surface area (Å²) in [5, 5.41) is 11.5. The van der Waals surface area contributed by atoms with Crippen LogP contribution < -0.4 is 14.8 Å². The van der Waals surface area contributed by atoms with E-state index in [-0.39, 0.29) is 11.4 Å². The van der Waals surface area contributed by atoms with Gasteiger partial charge in [-0.1, -0.05) is 0 Å². The molecule has 0 fully saturated rings. The van der Waals surface area contributed by atoms with Crippen LogP contribution in [-0.2, 0) is 29.1 Å². The van der Waals surface area contributed by atoms with Crippen molar-refractivity contribution in [1.82, 2.24) is 10.0 Å². The second kappa shape index (κ2) is 10.4. The molecule has 3 N–H and O–H groups in total. The summed E-state index contributed by atoms with van der Waals surface area (Å²) in [5.74, 6) is -1.66. The molecular weight excluding hydrogens is 392 g/mol. The van der Waals surface area contributed by atoms with Crippen LogP contribution in [0.3, 0.4) is 0 Å². The minimum atomic E-state index is -4.18. The van der Waals surface area contributed by atoms with Gasteiger partial charge in [0.15, 0.2) is 6.29 Å². The first kappa shape index (κ1) is 23.8. The molecule has 0 saturated carbocycles. The van der Waals surface area contributed by atoms with E-state index in [0.29, 0.717) is 16.9 Å². The van der Waals surface area contributed by atoms with E-state index < -0.39 is 40.7 Å². The number of rotatable bonds is 11. The van der Waals surface area contributed by atoms with E-state index in [0.717, 1.165) is 0 Å². The van der Waals surface area contributed by atoms with Crippen molar-refractivity contribution in [1.29, 1.82) is 0 Å². The third-order valence-electron chi connectivity index (χ3n) is 3.90. The van der Waals surface area contributed by atoms with Crippen LogP contribution in [0.2, 0.25) is 0 Å². The van der Waals surface area contributed by atoms with Crippen LogP contribution >= 0.6 is 0 Å². The van der Waals surface area contributed by atoms with E-state index in [1.165, 1.54) is 33.5 Å². The van der Waals surface area contributed by atoms with Gasteiger partial charge < -0.3 is 24.6 Å². The van der Waals surface area contributed by atoms with Crippen molar-refractivity contribution in [3.05, 3.63) is 23.3 Å². The maximum absolute atomic E-state index is 12.8. The third kappa shape index (κ3) is 6.44. The lowest BCUT2D eigenvalue weighted by Crippen LogP contribution is -2.49. The topological polar surface area (TPSA) is 140 Å². The highest BCUT2D eigenvalue weighted by atomic mass is 32.2. The van der Waals surface area contributed by atoms with Crippen LogP contribution in [0, 0.1) is 13.8 Å². The van der Waals surface area contributed by atoms with E-state index in [2.05, 4.69) is 10.0 Å². The van der Waals surface area contributed by atoms with Gasteiger partial charge in [-0.3, -0.25) is 9.59 Å². The van der Waals surface area contributed by atoms with Crippen molar-refractivity contribution in [3.63, 3.8) is 0 Å². The zero-order chi connectivity index (χ0) is 21.5. The molecule has 1 rings (SSSR count). The largest absolute Gasteiger partial charge is 0.497 e. The van der Waals surface area contributed by atoms with Gasteiger partial charge in [0, 0.05) is 14.2 Å². The Kier molecular flexibility index (Phi) is 8.82. The molecule has 0 aliphatic rings. The molecule has 0 aliphatic heterocycles. The Labute approximate surface area is 164 Å². The number of hydrogen-bond donors (Lipinski definition) is 3. The molecule has 1 aromatic rings. The normalized spacial score (nSPS) is 12.6. The minimum absolute atomic E-state index is 0.0388. The fourth-order valence-electron chi connectivity index (χ4n) is 2.63. The van der Waals surface area contributed by atoms with Gasteiger partial charge in [-0.25, -0.2) is 8.42 Å². The summed E-state index contributed by atoms with van der Waals surface area (Å²) in [5.41, 5.74) is 0.801. The summed E-state index contributed by atoms with van der Waals surface area (Å²) in [7, 11) is 0.0172. The number of sulfonamides is 1. The number of carbonyl (C=O) groups excluding carboxylic acids is 1. The number of amides is 1. The molecule has 28 heavy (non-hydrogen) atoms. The lowest BCUT2D eigenvalue weighted by atomic mass is 10.1. The number of carboxylic acids is 1. The number of benzene rings is 1. The number of hydrogen-bond acceptors (Lipinski definition) is 7. The molecule has 0 saturated heterocycles. The summed E-state index contributed by atoms with van der Waals surface area (Å²) in [6.45, 7) is 3.08. The molecule has 0 bridgehead atoms. The van der Waals surface area contributed by atoms with Crippen molar-refractivity contribution < 1.29 is 37.3 Å². The lowest BCUT2D eigenvalue weighted by Gasteiger charge is -2.20. The highest BCUT2D eigenvalue weighted by Crippen LogP contribution is 2.25. The van der Waals surface area contributed by atoms with Crippen molar-refractivity contribution in [2.45, 2.75) is 37.5 Å². The van der Waals surface area contributed by atoms with E-state index in [1.54, 1.807) is 13.8 Å². The van der Waals surface area contributed by atoms with Crippen molar-refractivity contribution in [3.8, 4) is 5.75 Å². The zero-order valence-corrected chi connectivity index (χ0v) is 17.3. The Morgan fingerprint density at radius 3 is 2.07 bits per heavy atom. The number of aliphatic carboxylic acids is 1. The molecular formula is C17H26N2O8S. The standard InChI is InChI=1S/C17H26N2O8S/c1-10-6-12(25-3)7-11(2)16(10)28(23,24)19-13(8-14(20)21)17(22)18-9-15(26-4)27-5/h6-7,13,15,19H,8-9H2,1-5H3,(H,18,22)(H,20,21). The van der Waals surface area contributed by atoms with E-state index in [4.69, 9.17) is 19.3 Å². The molecule has 1 aromatic carbocycles. The second-order valence-corrected chi connectivity index (χ2v) is 7.66. The maximum Gasteiger partial charge on any atom is 0.305 e.